The van der Waals surface area contributed by atoms with Crippen molar-refractivity contribution in [2.45, 2.75) is 6.67 Å². The molecular weight excluding hydrogens is 590 g/mol. The summed E-state index contributed by atoms with van der Waals surface area (Å²) in [7, 11) is 0. The molecule has 0 unspecified atom stereocenters. The molecule has 5 nitrogen and oxygen atoms in total. The molecule has 0 spiro atoms. The second kappa shape index (κ2) is 10.3. The average molecular weight is 618 g/mol. The molecule has 10 rings (SSSR count). The van der Waals surface area contributed by atoms with E-state index in [1.54, 1.807) is 0 Å². The van der Waals surface area contributed by atoms with Crippen LogP contribution in [0.15, 0.2) is 158 Å². The molecule has 48 heavy (non-hydrogen) atoms. The predicted molar refractivity (Wildman–Crippen MR) is 199 cm³/mol. The summed E-state index contributed by atoms with van der Waals surface area (Å²) in [5.41, 5.74) is 6.95. The van der Waals surface area contributed by atoms with Crippen molar-refractivity contribution in [3.63, 3.8) is 0 Å². The number of rotatable bonds is 5. The summed E-state index contributed by atoms with van der Waals surface area (Å²) in [6, 6.07) is 48.1. The van der Waals surface area contributed by atoms with E-state index in [4.69, 9.17) is 13.8 Å². The Balaban J connectivity index is 1.36. The van der Waals surface area contributed by atoms with Crippen molar-refractivity contribution in [1.82, 2.24) is 4.57 Å². The number of benzene rings is 7. The lowest BCUT2D eigenvalue weighted by Crippen LogP contribution is -2.06. The van der Waals surface area contributed by atoms with E-state index < -0.39 is 0 Å². The maximum Gasteiger partial charge on any atom is 0.179 e. The Morgan fingerprint density at radius 3 is 1.94 bits per heavy atom. The maximum absolute atomic E-state index is 6.80. The van der Waals surface area contributed by atoms with Crippen LogP contribution in [0.2, 0.25) is 0 Å². The topological polar surface area (TPSA) is 55.9 Å². The molecule has 0 bridgehead atoms. The van der Waals surface area contributed by atoms with Gasteiger partial charge in [0.2, 0.25) is 0 Å². The average Bonchev–Trinajstić information content (AvgIpc) is 3.82. The first kappa shape index (κ1) is 26.7. The number of hydrogen-bond donors (Lipinski definition) is 0. The summed E-state index contributed by atoms with van der Waals surface area (Å²) < 4.78 is 15.6. The molecule has 0 amide bonds. The van der Waals surface area contributed by atoms with Crippen LogP contribution in [-0.2, 0) is 6.67 Å². The first-order valence-electron chi connectivity index (χ1n) is 16.0. The highest BCUT2D eigenvalue weighted by molar-refractivity contribution is 6.36. The molecule has 7 aromatic carbocycles. The maximum atomic E-state index is 6.80. The minimum absolute atomic E-state index is 0.316. The predicted octanol–water partition coefficient (Wildman–Crippen LogP) is 11.6. The van der Waals surface area contributed by atoms with Crippen molar-refractivity contribution < 1.29 is 8.83 Å². The van der Waals surface area contributed by atoms with Crippen LogP contribution in [0.1, 0.15) is 11.3 Å². The van der Waals surface area contributed by atoms with Gasteiger partial charge in [-0.2, -0.15) is 0 Å². The Hall–Kier alpha value is -6.46. The van der Waals surface area contributed by atoms with Crippen LogP contribution >= 0.6 is 0 Å². The SMILES string of the molecule is C=Nc1c(/C(=N\Cn2c3c4ccccc4ccc3c3c4ccccc4c4c5ccccc5oc4c32)c2ccccc2)oc2ccccc12. The number of aromatic nitrogens is 1. The Bertz CT molecular complexity index is 2940. The third-order valence-electron chi connectivity index (χ3n) is 9.58. The number of para-hydroxylation sites is 2. The molecule has 3 heterocycles. The number of hydrogen-bond acceptors (Lipinski definition) is 4. The zero-order valence-corrected chi connectivity index (χ0v) is 25.9. The second-order valence-electron chi connectivity index (χ2n) is 12.1. The van der Waals surface area contributed by atoms with E-state index in [0.717, 1.165) is 65.7 Å². The molecule has 0 radical (unpaired) electrons. The van der Waals surface area contributed by atoms with E-state index in [2.05, 4.69) is 107 Å². The highest BCUT2D eigenvalue weighted by atomic mass is 16.3. The lowest BCUT2D eigenvalue weighted by molar-refractivity contribution is 0.604. The lowest BCUT2D eigenvalue weighted by Gasteiger charge is -2.11. The molecule has 0 N–H and O–H groups in total. The van der Waals surface area contributed by atoms with Gasteiger partial charge in [-0.3, -0.25) is 9.98 Å². The van der Waals surface area contributed by atoms with Crippen molar-refractivity contribution in [3.05, 3.63) is 151 Å². The van der Waals surface area contributed by atoms with Crippen LogP contribution in [0.4, 0.5) is 5.69 Å². The molecule has 0 aliphatic heterocycles. The van der Waals surface area contributed by atoms with Gasteiger partial charge in [0.25, 0.3) is 0 Å². The van der Waals surface area contributed by atoms with Crippen LogP contribution < -0.4 is 0 Å². The minimum Gasteiger partial charge on any atom is -0.454 e. The Kier molecular flexibility index (Phi) is 5.72. The summed E-state index contributed by atoms with van der Waals surface area (Å²) in [6.45, 7) is 4.23. The van der Waals surface area contributed by atoms with Gasteiger partial charge in [-0.1, -0.05) is 121 Å². The fourth-order valence-corrected chi connectivity index (χ4v) is 7.55. The molecule has 0 saturated heterocycles. The van der Waals surface area contributed by atoms with Gasteiger partial charge in [-0.05, 0) is 41.1 Å². The Morgan fingerprint density at radius 1 is 0.542 bits per heavy atom. The number of furan rings is 2. The molecule has 226 valence electrons. The zero-order chi connectivity index (χ0) is 31.8. The van der Waals surface area contributed by atoms with Gasteiger partial charge in [-0.25, -0.2) is 0 Å². The number of aliphatic imine (C=N–C) groups is 2. The van der Waals surface area contributed by atoms with E-state index in [0.29, 0.717) is 23.8 Å². The summed E-state index contributed by atoms with van der Waals surface area (Å²) in [4.78, 5) is 9.86. The summed E-state index contributed by atoms with van der Waals surface area (Å²) in [5.74, 6) is 0.599. The lowest BCUT2D eigenvalue weighted by atomic mass is 9.98. The summed E-state index contributed by atoms with van der Waals surface area (Å²) in [5, 5.41) is 10.1. The van der Waals surface area contributed by atoms with Crippen LogP contribution in [0.5, 0.6) is 0 Å². The molecule has 3 aromatic heterocycles. The summed E-state index contributed by atoms with van der Waals surface area (Å²) >= 11 is 0. The van der Waals surface area contributed by atoms with Crippen molar-refractivity contribution >= 4 is 94.4 Å². The molecule has 0 aliphatic carbocycles. The molecule has 5 heteroatoms. The fourth-order valence-electron chi connectivity index (χ4n) is 7.55. The monoisotopic (exact) mass is 617 g/mol. The highest BCUT2D eigenvalue weighted by Gasteiger charge is 2.24. The number of fused-ring (bicyclic) bond motifs is 13. The van der Waals surface area contributed by atoms with Gasteiger partial charge in [0.05, 0.1) is 11.0 Å². The Labute approximate surface area is 274 Å². The van der Waals surface area contributed by atoms with Gasteiger partial charge in [0, 0.05) is 37.9 Å². The quantitative estimate of drug-likeness (QED) is 0.180. The van der Waals surface area contributed by atoms with Crippen LogP contribution in [-0.4, -0.2) is 17.0 Å². The molecule has 0 aliphatic rings. The van der Waals surface area contributed by atoms with Crippen LogP contribution in [0.25, 0.3) is 76.3 Å². The van der Waals surface area contributed by atoms with Gasteiger partial charge >= 0.3 is 0 Å². The van der Waals surface area contributed by atoms with Crippen molar-refractivity contribution in [2.24, 2.45) is 9.98 Å². The van der Waals surface area contributed by atoms with E-state index in [1.165, 1.54) is 16.2 Å². The molecule has 0 saturated carbocycles. The van der Waals surface area contributed by atoms with E-state index in [-0.39, 0.29) is 0 Å². The Morgan fingerprint density at radius 2 is 1.17 bits per heavy atom. The zero-order valence-electron chi connectivity index (χ0n) is 25.9. The highest BCUT2D eigenvalue weighted by Crippen LogP contribution is 2.46. The standard InChI is InChI=1S/C43H27N3O2/c1-44-39-32-20-10-12-22-35(32)48-43(39)38(27-14-3-2-4-15-27)45-25-46-40-28-16-6-5-13-26(28)23-24-33(40)36-29-17-7-8-18-30(29)37-31-19-9-11-21-34(31)47-42(37)41(36)46/h2-24H,1,25H2/b45-38-. The van der Waals surface area contributed by atoms with Gasteiger partial charge in [0.15, 0.2) is 11.3 Å². The van der Waals surface area contributed by atoms with Crippen molar-refractivity contribution in [1.29, 1.82) is 0 Å². The molecule has 10 aromatic rings. The van der Waals surface area contributed by atoms with E-state index in [1.807, 2.05) is 48.5 Å². The van der Waals surface area contributed by atoms with Crippen molar-refractivity contribution in [3.8, 4) is 0 Å². The first-order chi connectivity index (χ1) is 23.8. The minimum atomic E-state index is 0.316. The summed E-state index contributed by atoms with van der Waals surface area (Å²) in [6.07, 6.45) is 0. The normalized spacial score (nSPS) is 12.5. The van der Waals surface area contributed by atoms with Gasteiger partial charge in [0.1, 0.15) is 29.2 Å². The molecular formula is C43H27N3O2. The molecule has 0 fully saturated rings. The van der Waals surface area contributed by atoms with Crippen molar-refractivity contribution in [2.75, 3.05) is 0 Å². The third-order valence-corrected chi connectivity index (χ3v) is 9.58. The smallest absolute Gasteiger partial charge is 0.179 e. The second-order valence-corrected chi connectivity index (χ2v) is 12.1. The van der Waals surface area contributed by atoms with E-state index >= 15 is 0 Å². The number of nitrogens with zero attached hydrogens (tertiary/aromatic N) is 3. The van der Waals surface area contributed by atoms with E-state index in [9.17, 15) is 0 Å². The molecule has 0 atom stereocenters. The van der Waals surface area contributed by atoms with Crippen LogP contribution in [0, 0.1) is 0 Å². The fraction of sp³-hybridized carbons (Fsp3) is 0.0233. The van der Waals surface area contributed by atoms with Gasteiger partial charge < -0.3 is 13.4 Å². The third kappa shape index (κ3) is 3.73. The van der Waals surface area contributed by atoms with Crippen LogP contribution in [0.3, 0.4) is 0 Å². The first-order valence-corrected chi connectivity index (χ1v) is 16.0. The van der Waals surface area contributed by atoms with Gasteiger partial charge in [-0.15, -0.1) is 0 Å². The largest absolute Gasteiger partial charge is 0.454 e.